The van der Waals surface area contributed by atoms with Crippen molar-refractivity contribution in [3.05, 3.63) is 75.6 Å². The van der Waals surface area contributed by atoms with Gasteiger partial charge in [0.15, 0.2) is 0 Å². The topological polar surface area (TPSA) is 83.7 Å². The summed E-state index contributed by atoms with van der Waals surface area (Å²) in [5.41, 5.74) is 2.66. The highest BCUT2D eigenvalue weighted by molar-refractivity contribution is 5.97. The zero-order valence-corrected chi connectivity index (χ0v) is 17.6. The molecule has 0 unspecified atom stereocenters. The lowest BCUT2D eigenvalue weighted by molar-refractivity contribution is 0.0342. The number of H-pyrrole nitrogens is 1. The Bertz CT molecular complexity index is 1100. The minimum atomic E-state index is -0.401. The van der Waals surface area contributed by atoms with Crippen LogP contribution in [0.5, 0.6) is 5.75 Å². The molecule has 31 heavy (non-hydrogen) atoms. The van der Waals surface area contributed by atoms with E-state index in [0.29, 0.717) is 29.8 Å². The molecular formula is C24H27N3O4. The molecular weight excluding hydrogens is 394 g/mol. The number of morpholine rings is 1. The van der Waals surface area contributed by atoms with Crippen molar-refractivity contribution in [3.8, 4) is 5.75 Å². The van der Waals surface area contributed by atoms with Gasteiger partial charge >= 0.3 is 0 Å². The first-order chi connectivity index (χ1) is 15.1. The van der Waals surface area contributed by atoms with E-state index in [1.807, 2.05) is 19.1 Å². The first-order valence-electron chi connectivity index (χ1n) is 10.6. The van der Waals surface area contributed by atoms with Crippen molar-refractivity contribution in [1.29, 1.82) is 0 Å². The van der Waals surface area contributed by atoms with Crippen LogP contribution in [0, 0.1) is 0 Å². The van der Waals surface area contributed by atoms with Gasteiger partial charge in [-0.05, 0) is 36.2 Å². The lowest BCUT2D eigenvalue weighted by atomic mass is 10.1. The van der Waals surface area contributed by atoms with E-state index < -0.39 is 5.91 Å². The first kappa shape index (κ1) is 21.1. The Labute approximate surface area is 181 Å². The summed E-state index contributed by atoms with van der Waals surface area (Å²) in [7, 11) is 0. The molecule has 1 aliphatic rings. The number of ether oxygens (including phenoxy) is 2. The quantitative estimate of drug-likeness (QED) is 0.613. The zero-order chi connectivity index (χ0) is 21.6. The van der Waals surface area contributed by atoms with Crippen molar-refractivity contribution in [1.82, 2.24) is 15.2 Å². The largest absolute Gasteiger partial charge is 0.494 e. The van der Waals surface area contributed by atoms with Crippen LogP contribution in [0.4, 0.5) is 0 Å². The second-order valence-corrected chi connectivity index (χ2v) is 7.56. The molecule has 0 atom stereocenters. The van der Waals surface area contributed by atoms with Crippen molar-refractivity contribution >= 4 is 16.8 Å². The molecule has 1 saturated heterocycles. The molecule has 1 fully saturated rings. The number of carbonyl (C=O) groups is 1. The van der Waals surface area contributed by atoms with Gasteiger partial charge in [0.2, 0.25) is 5.43 Å². The van der Waals surface area contributed by atoms with Crippen molar-refractivity contribution in [2.45, 2.75) is 20.0 Å². The van der Waals surface area contributed by atoms with E-state index in [2.05, 4.69) is 27.3 Å². The van der Waals surface area contributed by atoms with Crippen LogP contribution >= 0.6 is 0 Å². The van der Waals surface area contributed by atoms with Gasteiger partial charge in [0.1, 0.15) is 11.3 Å². The van der Waals surface area contributed by atoms with Gasteiger partial charge in [-0.25, -0.2) is 0 Å². The fourth-order valence-corrected chi connectivity index (χ4v) is 3.68. The predicted octanol–water partition coefficient (Wildman–Crippen LogP) is 2.69. The molecule has 3 aromatic rings. The highest BCUT2D eigenvalue weighted by Gasteiger charge is 2.14. The first-order valence-corrected chi connectivity index (χ1v) is 10.6. The van der Waals surface area contributed by atoms with Gasteiger partial charge in [0, 0.05) is 43.3 Å². The van der Waals surface area contributed by atoms with Gasteiger partial charge in [0.05, 0.1) is 19.8 Å². The summed E-state index contributed by atoms with van der Waals surface area (Å²) in [5.74, 6) is 0.206. The summed E-state index contributed by atoms with van der Waals surface area (Å²) in [6, 6.07) is 13.4. The van der Waals surface area contributed by atoms with Crippen LogP contribution < -0.4 is 15.5 Å². The molecule has 2 N–H and O–H groups in total. The molecule has 162 valence electrons. The summed E-state index contributed by atoms with van der Waals surface area (Å²) in [5, 5.41) is 3.28. The maximum absolute atomic E-state index is 12.8. The minimum absolute atomic E-state index is 0.0880. The fourth-order valence-electron chi connectivity index (χ4n) is 3.68. The van der Waals surface area contributed by atoms with E-state index in [4.69, 9.17) is 9.47 Å². The van der Waals surface area contributed by atoms with Gasteiger partial charge in [0.25, 0.3) is 5.91 Å². The highest BCUT2D eigenvalue weighted by Crippen LogP contribution is 2.17. The fraction of sp³-hybridized carbons (Fsp3) is 0.333. The number of nitrogens with one attached hydrogen (secondary N) is 2. The Hall–Kier alpha value is -3.16. The molecule has 7 nitrogen and oxygen atoms in total. The monoisotopic (exact) mass is 421 g/mol. The Morgan fingerprint density at radius 1 is 1.13 bits per heavy atom. The maximum Gasteiger partial charge on any atom is 0.257 e. The average Bonchev–Trinajstić information content (AvgIpc) is 2.80. The third kappa shape index (κ3) is 5.13. The van der Waals surface area contributed by atoms with E-state index in [1.54, 1.807) is 18.2 Å². The number of aromatic nitrogens is 1. The van der Waals surface area contributed by atoms with Crippen molar-refractivity contribution in [2.24, 2.45) is 0 Å². The molecule has 0 radical (unpaired) electrons. The van der Waals surface area contributed by atoms with Crippen LogP contribution in [-0.2, 0) is 17.8 Å². The van der Waals surface area contributed by atoms with Gasteiger partial charge in [-0.15, -0.1) is 0 Å². The zero-order valence-electron chi connectivity index (χ0n) is 17.6. The van der Waals surface area contributed by atoms with Crippen LogP contribution in [0.15, 0.2) is 53.5 Å². The summed E-state index contributed by atoms with van der Waals surface area (Å²) in [4.78, 5) is 30.9. The Kier molecular flexibility index (Phi) is 6.64. The third-order valence-corrected chi connectivity index (χ3v) is 5.39. The van der Waals surface area contributed by atoms with Crippen molar-refractivity contribution < 1.29 is 14.3 Å². The van der Waals surface area contributed by atoms with Crippen molar-refractivity contribution in [2.75, 3.05) is 32.9 Å². The van der Waals surface area contributed by atoms with E-state index >= 15 is 0 Å². The number of carbonyl (C=O) groups excluding carboxylic acids is 1. The average molecular weight is 421 g/mol. The number of amides is 1. The number of hydrogen-bond donors (Lipinski definition) is 2. The number of aromatic amines is 1. The van der Waals surface area contributed by atoms with Crippen LogP contribution in [0.3, 0.4) is 0 Å². The highest BCUT2D eigenvalue weighted by atomic mass is 16.5. The molecule has 2 aromatic carbocycles. The molecule has 1 aliphatic heterocycles. The molecule has 7 heteroatoms. The molecule has 2 heterocycles. The molecule has 0 aliphatic carbocycles. The van der Waals surface area contributed by atoms with Gasteiger partial charge < -0.3 is 19.8 Å². The molecule has 0 bridgehead atoms. The van der Waals surface area contributed by atoms with Crippen LogP contribution in [0.2, 0.25) is 0 Å². The second kappa shape index (κ2) is 9.76. The van der Waals surface area contributed by atoms with E-state index in [9.17, 15) is 9.59 Å². The molecule has 0 spiro atoms. The number of nitrogens with zero attached hydrogens (tertiary/aromatic N) is 1. The van der Waals surface area contributed by atoms with E-state index in [0.717, 1.165) is 38.4 Å². The van der Waals surface area contributed by atoms with E-state index in [-0.39, 0.29) is 11.0 Å². The minimum Gasteiger partial charge on any atom is -0.494 e. The normalized spacial score (nSPS) is 14.5. The molecule has 1 aromatic heterocycles. The van der Waals surface area contributed by atoms with Crippen molar-refractivity contribution in [3.63, 3.8) is 0 Å². The molecule has 4 rings (SSSR count). The number of rotatable bonds is 7. The Morgan fingerprint density at radius 3 is 2.61 bits per heavy atom. The Morgan fingerprint density at radius 2 is 1.87 bits per heavy atom. The van der Waals surface area contributed by atoms with Crippen LogP contribution in [0.25, 0.3) is 10.9 Å². The maximum atomic E-state index is 12.8. The summed E-state index contributed by atoms with van der Waals surface area (Å²) >= 11 is 0. The number of benzene rings is 2. The lowest BCUT2D eigenvalue weighted by Gasteiger charge is -2.26. The number of hydrogen-bond acceptors (Lipinski definition) is 5. The van der Waals surface area contributed by atoms with Gasteiger partial charge in [-0.2, -0.15) is 0 Å². The summed E-state index contributed by atoms with van der Waals surface area (Å²) in [6.07, 6.45) is 1.46. The lowest BCUT2D eigenvalue weighted by Crippen LogP contribution is -2.35. The third-order valence-electron chi connectivity index (χ3n) is 5.39. The van der Waals surface area contributed by atoms with Gasteiger partial charge in [-0.1, -0.05) is 24.3 Å². The molecule has 1 amide bonds. The number of fused-ring (bicyclic) bond motifs is 1. The smallest absolute Gasteiger partial charge is 0.257 e. The van der Waals surface area contributed by atoms with Crippen LogP contribution in [-0.4, -0.2) is 48.7 Å². The SMILES string of the molecule is CCOc1ccc2[nH]cc(C(=O)NCc3ccc(CN4CCOCC4)cc3)c(=O)c2c1. The predicted molar refractivity (Wildman–Crippen MR) is 119 cm³/mol. The second-order valence-electron chi connectivity index (χ2n) is 7.56. The van der Waals surface area contributed by atoms with Gasteiger partial charge in [-0.3, -0.25) is 14.5 Å². The Balaban J connectivity index is 1.40. The number of pyridine rings is 1. The summed E-state index contributed by atoms with van der Waals surface area (Å²) in [6.45, 7) is 7.10. The van der Waals surface area contributed by atoms with Crippen LogP contribution in [0.1, 0.15) is 28.4 Å². The molecule has 0 saturated carbocycles. The standard InChI is InChI=1S/C24H27N3O4/c1-2-31-19-7-8-22-20(13-19)23(28)21(15-25-22)24(29)26-14-17-3-5-18(6-4-17)16-27-9-11-30-12-10-27/h3-8,13,15H,2,9-12,14,16H2,1H3,(H,25,28)(H,26,29). The summed E-state index contributed by atoms with van der Waals surface area (Å²) < 4.78 is 10.9. The van der Waals surface area contributed by atoms with E-state index in [1.165, 1.54) is 11.8 Å².